The van der Waals surface area contributed by atoms with Crippen LogP contribution in [0.25, 0.3) is 0 Å². The summed E-state index contributed by atoms with van der Waals surface area (Å²) in [6.07, 6.45) is 0. The van der Waals surface area contributed by atoms with Crippen molar-refractivity contribution in [1.82, 2.24) is 14.2 Å². The van der Waals surface area contributed by atoms with E-state index < -0.39 is 10.0 Å². The molecule has 2 heterocycles. The number of pyridine rings is 1. The van der Waals surface area contributed by atoms with Gasteiger partial charge in [0.1, 0.15) is 0 Å². The van der Waals surface area contributed by atoms with E-state index in [1.165, 1.54) is 4.31 Å². The highest BCUT2D eigenvalue weighted by Crippen LogP contribution is 2.16. The van der Waals surface area contributed by atoms with Gasteiger partial charge in [-0.2, -0.15) is 4.31 Å². The first kappa shape index (κ1) is 18.5. The summed E-state index contributed by atoms with van der Waals surface area (Å²) in [6.45, 7) is 5.12. The molecule has 1 aromatic carbocycles. The van der Waals surface area contributed by atoms with Crippen molar-refractivity contribution in [2.75, 3.05) is 26.2 Å². The van der Waals surface area contributed by atoms with Crippen LogP contribution in [-0.2, 0) is 15.8 Å². The maximum absolute atomic E-state index is 12.7. The van der Waals surface area contributed by atoms with Gasteiger partial charge < -0.3 is 4.90 Å². The molecule has 1 aliphatic heterocycles. The van der Waals surface area contributed by atoms with Gasteiger partial charge in [-0.15, -0.1) is 0 Å². The van der Waals surface area contributed by atoms with Gasteiger partial charge >= 0.3 is 0 Å². The Morgan fingerprint density at radius 2 is 1.65 bits per heavy atom. The summed E-state index contributed by atoms with van der Waals surface area (Å²) in [7, 11) is -3.38. The Balaban J connectivity index is 1.64. The first-order valence-electron chi connectivity index (χ1n) is 8.62. The van der Waals surface area contributed by atoms with Crippen molar-refractivity contribution in [1.29, 1.82) is 0 Å². The van der Waals surface area contributed by atoms with Crippen LogP contribution >= 0.6 is 0 Å². The van der Waals surface area contributed by atoms with Gasteiger partial charge in [-0.25, -0.2) is 8.42 Å². The molecule has 0 N–H and O–H groups in total. The quantitative estimate of drug-likeness (QED) is 0.822. The van der Waals surface area contributed by atoms with Crippen LogP contribution in [0.15, 0.2) is 42.5 Å². The van der Waals surface area contributed by atoms with E-state index >= 15 is 0 Å². The number of rotatable bonds is 4. The Morgan fingerprint density at radius 1 is 1.00 bits per heavy atom. The van der Waals surface area contributed by atoms with E-state index in [1.54, 1.807) is 11.0 Å². The van der Waals surface area contributed by atoms with E-state index in [-0.39, 0.29) is 11.7 Å². The van der Waals surface area contributed by atoms with Crippen molar-refractivity contribution in [3.8, 4) is 0 Å². The average molecular weight is 373 g/mol. The van der Waals surface area contributed by atoms with Crippen LogP contribution in [0.1, 0.15) is 27.3 Å². The summed E-state index contributed by atoms with van der Waals surface area (Å²) in [4.78, 5) is 18.7. The Labute approximate surface area is 154 Å². The summed E-state index contributed by atoms with van der Waals surface area (Å²) < 4.78 is 26.7. The number of aromatic nitrogens is 1. The molecule has 3 rings (SSSR count). The minimum absolute atomic E-state index is 0.0111. The summed E-state index contributed by atoms with van der Waals surface area (Å²) >= 11 is 0. The van der Waals surface area contributed by atoms with E-state index in [0.717, 1.165) is 11.3 Å². The molecule has 1 amide bonds. The zero-order valence-electron chi connectivity index (χ0n) is 15.1. The molecule has 26 heavy (non-hydrogen) atoms. The van der Waals surface area contributed by atoms with Crippen molar-refractivity contribution in [3.05, 3.63) is 65.0 Å². The molecule has 1 fully saturated rings. The fourth-order valence-electron chi connectivity index (χ4n) is 3.13. The van der Waals surface area contributed by atoms with E-state index in [9.17, 15) is 13.2 Å². The molecule has 7 heteroatoms. The Bertz CT molecular complexity index is 890. The van der Waals surface area contributed by atoms with Gasteiger partial charge in [-0.1, -0.05) is 30.3 Å². The molecule has 0 atom stereocenters. The smallest absolute Gasteiger partial charge is 0.255 e. The number of carbonyl (C=O) groups is 1. The molecule has 1 aromatic heterocycles. The van der Waals surface area contributed by atoms with Crippen LogP contribution in [0.4, 0.5) is 0 Å². The summed E-state index contributed by atoms with van der Waals surface area (Å²) in [5, 5.41) is 0. The molecule has 2 aromatic rings. The molecule has 6 nitrogen and oxygen atoms in total. The van der Waals surface area contributed by atoms with E-state index in [2.05, 4.69) is 4.98 Å². The molecule has 0 bridgehead atoms. The van der Waals surface area contributed by atoms with Gasteiger partial charge in [-0.05, 0) is 31.5 Å². The van der Waals surface area contributed by atoms with E-state index in [4.69, 9.17) is 0 Å². The largest absolute Gasteiger partial charge is 0.336 e. The Hall–Kier alpha value is -2.25. The van der Waals surface area contributed by atoms with Gasteiger partial charge in [0, 0.05) is 31.9 Å². The molecule has 0 aliphatic carbocycles. The molecule has 138 valence electrons. The van der Waals surface area contributed by atoms with Crippen LogP contribution in [-0.4, -0.2) is 54.7 Å². The molecule has 0 saturated carbocycles. The number of aryl methyl sites for hydroxylation is 2. The number of amides is 1. The van der Waals surface area contributed by atoms with Crippen molar-refractivity contribution in [2.24, 2.45) is 0 Å². The first-order chi connectivity index (χ1) is 12.4. The summed E-state index contributed by atoms with van der Waals surface area (Å²) in [5.74, 6) is -0.0990. The number of hydrogen-bond acceptors (Lipinski definition) is 4. The van der Waals surface area contributed by atoms with Crippen LogP contribution in [0.5, 0.6) is 0 Å². The second-order valence-electron chi connectivity index (χ2n) is 6.52. The Morgan fingerprint density at radius 3 is 2.27 bits per heavy atom. The number of carbonyl (C=O) groups excluding carboxylic acids is 1. The zero-order valence-corrected chi connectivity index (χ0v) is 15.9. The molecular weight excluding hydrogens is 350 g/mol. The molecule has 0 radical (unpaired) electrons. The minimum Gasteiger partial charge on any atom is -0.336 e. The lowest BCUT2D eigenvalue weighted by Crippen LogP contribution is -2.50. The van der Waals surface area contributed by atoms with E-state index in [1.807, 2.05) is 50.2 Å². The molecule has 1 aliphatic rings. The Kier molecular flexibility index (Phi) is 5.38. The van der Waals surface area contributed by atoms with Crippen molar-refractivity contribution in [2.45, 2.75) is 19.6 Å². The van der Waals surface area contributed by atoms with Gasteiger partial charge in [0.05, 0.1) is 17.0 Å². The lowest BCUT2D eigenvalue weighted by atomic mass is 10.1. The van der Waals surface area contributed by atoms with Crippen LogP contribution in [0.2, 0.25) is 0 Å². The first-order valence-corrected chi connectivity index (χ1v) is 10.2. The maximum Gasteiger partial charge on any atom is 0.255 e. The molecule has 0 spiro atoms. The average Bonchev–Trinajstić information content (AvgIpc) is 2.62. The monoisotopic (exact) mass is 373 g/mol. The van der Waals surface area contributed by atoms with Gasteiger partial charge in [-0.3, -0.25) is 9.78 Å². The number of nitrogens with zero attached hydrogens (tertiary/aromatic N) is 3. The normalized spacial score (nSPS) is 15.8. The number of piperazine rings is 1. The highest BCUT2D eigenvalue weighted by atomic mass is 32.2. The predicted octanol–water partition coefficient (Wildman–Crippen LogP) is 1.99. The van der Waals surface area contributed by atoms with Crippen LogP contribution in [0.3, 0.4) is 0 Å². The third-order valence-corrected chi connectivity index (χ3v) is 6.42. The summed E-state index contributed by atoms with van der Waals surface area (Å²) in [6, 6.07) is 12.8. The molecule has 1 saturated heterocycles. The number of benzene rings is 1. The second-order valence-corrected chi connectivity index (χ2v) is 8.49. The third-order valence-electron chi connectivity index (χ3n) is 4.57. The topological polar surface area (TPSA) is 70.6 Å². The zero-order chi connectivity index (χ0) is 18.7. The van der Waals surface area contributed by atoms with Gasteiger partial charge in [0.2, 0.25) is 10.0 Å². The standard InChI is InChI=1S/C19H23N3O3S/c1-15-8-9-18(16(2)20-15)19(23)21-10-12-22(13-11-21)26(24,25)14-17-6-4-3-5-7-17/h3-9H,10-14H2,1-2H3. The van der Waals surface area contributed by atoms with Crippen molar-refractivity contribution >= 4 is 15.9 Å². The highest BCUT2D eigenvalue weighted by molar-refractivity contribution is 7.88. The lowest BCUT2D eigenvalue weighted by molar-refractivity contribution is 0.0696. The fourth-order valence-corrected chi connectivity index (χ4v) is 4.64. The van der Waals surface area contributed by atoms with Crippen molar-refractivity contribution < 1.29 is 13.2 Å². The molecule has 0 unspecified atom stereocenters. The maximum atomic E-state index is 12.7. The predicted molar refractivity (Wildman–Crippen MR) is 100 cm³/mol. The third kappa shape index (κ3) is 4.11. The number of sulfonamides is 1. The lowest BCUT2D eigenvalue weighted by Gasteiger charge is -2.34. The van der Waals surface area contributed by atoms with Crippen LogP contribution in [0, 0.1) is 13.8 Å². The number of hydrogen-bond donors (Lipinski definition) is 0. The fraction of sp³-hybridized carbons (Fsp3) is 0.368. The minimum atomic E-state index is -3.38. The van der Waals surface area contributed by atoms with Crippen molar-refractivity contribution in [3.63, 3.8) is 0 Å². The molecular formula is C19H23N3O3S. The second kappa shape index (κ2) is 7.55. The van der Waals surface area contributed by atoms with Gasteiger partial charge in [0.25, 0.3) is 5.91 Å². The van der Waals surface area contributed by atoms with Gasteiger partial charge in [0.15, 0.2) is 0 Å². The SMILES string of the molecule is Cc1ccc(C(=O)N2CCN(S(=O)(=O)Cc3ccccc3)CC2)c(C)n1. The van der Waals surface area contributed by atoms with E-state index in [0.29, 0.717) is 37.4 Å². The van der Waals surface area contributed by atoms with Crippen LogP contribution < -0.4 is 0 Å². The highest BCUT2D eigenvalue weighted by Gasteiger charge is 2.29. The summed E-state index contributed by atoms with van der Waals surface area (Å²) in [5.41, 5.74) is 2.92.